The second kappa shape index (κ2) is 18.1. The van der Waals surface area contributed by atoms with Crippen LogP contribution in [0.25, 0.3) is 11.0 Å². The van der Waals surface area contributed by atoms with Crippen LogP contribution in [0.3, 0.4) is 0 Å². The number of ether oxygens (including phenoxy) is 3. The van der Waals surface area contributed by atoms with Gasteiger partial charge in [0.1, 0.15) is 23.8 Å². The third-order valence-corrected chi connectivity index (χ3v) is 14.2. The van der Waals surface area contributed by atoms with E-state index in [0.29, 0.717) is 45.4 Å². The van der Waals surface area contributed by atoms with Gasteiger partial charge in [0.15, 0.2) is 17.3 Å². The van der Waals surface area contributed by atoms with Crippen LogP contribution in [0.2, 0.25) is 10.0 Å². The van der Waals surface area contributed by atoms with Gasteiger partial charge in [-0.1, -0.05) is 77.8 Å². The minimum atomic E-state index is -4.81. The number of anilines is 1. The molecule has 0 unspecified atom stereocenters. The highest BCUT2D eigenvalue weighted by atomic mass is 35.5. The number of allylic oxidation sites excluding steroid dienone is 2. The van der Waals surface area contributed by atoms with Crippen molar-refractivity contribution in [2.75, 3.05) is 19.6 Å². The summed E-state index contributed by atoms with van der Waals surface area (Å²) in [6.45, 7) is -0.332. The van der Waals surface area contributed by atoms with E-state index < -0.39 is 74.6 Å². The fourth-order valence-electron chi connectivity index (χ4n) is 10.3. The van der Waals surface area contributed by atoms with Gasteiger partial charge in [0.2, 0.25) is 0 Å². The number of fused-ring (bicyclic) bond motifs is 5. The van der Waals surface area contributed by atoms with Gasteiger partial charge in [0.05, 0.1) is 59.8 Å². The van der Waals surface area contributed by atoms with E-state index >= 15 is 9.59 Å². The monoisotopic (exact) mass is 1020 g/mol. The number of benzene rings is 4. The van der Waals surface area contributed by atoms with E-state index in [9.17, 15) is 32.7 Å². The molecule has 2 aliphatic heterocycles. The lowest BCUT2D eigenvalue weighted by Gasteiger charge is -2.49. The van der Waals surface area contributed by atoms with Gasteiger partial charge in [-0.15, -0.1) is 0 Å². The molecule has 1 aliphatic carbocycles. The molecule has 4 atom stereocenters. The number of nitrogens with zero attached hydrogens (tertiary/aromatic N) is 7. The average molecular weight is 1030 g/mol. The van der Waals surface area contributed by atoms with Crippen molar-refractivity contribution in [3.63, 3.8) is 0 Å². The van der Waals surface area contributed by atoms with E-state index in [1.165, 1.54) is 46.3 Å². The number of halogens is 5. The van der Waals surface area contributed by atoms with Crippen molar-refractivity contribution in [1.82, 2.24) is 33.5 Å². The highest BCUT2D eigenvalue weighted by Gasteiger charge is 2.69. The molecule has 0 spiro atoms. The van der Waals surface area contributed by atoms with E-state index in [4.69, 9.17) is 37.4 Å². The molecule has 3 aromatic heterocycles. The Hall–Kier alpha value is -7.84. The van der Waals surface area contributed by atoms with Crippen LogP contribution in [0, 0.1) is 5.92 Å². The maximum Gasteiger partial charge on any atom is 0.417 e. The predicted octanol–water partition coefficient (Wildman–Crippen LogP) is 6.94. The summed E-state index contributed by atoms with van der Waals surface area (Å²) >= 11 is 12.7. The van der Waals surface area contributed by atoms with Crippen molar-refractivity contribution < 1.29 is 42.1 Å². The number of rotatable bonds is 12. The standard InChI is InChI=1S/C50H41Cl2F3N8O9/c1-59-38-23-41(71-3)40(70-2)22-36(38)57-35(45(59)66)16-17-60-47(68)61-18-15-31-37(63(61)48(60)69)21-33-44(65)62(58-43-34(52)19-28(24-56-43)50(53,54)55)46(67)49(33,27-9-11-29(51)12-10-27)42(31)32-14-13-30(20-39(32)64)72-25-26-7-5-4-6-8-26/h4-15,19-20,22-24,33,37,42,64H,16-18,21,25H2,1-3H3,(H,56,58)/t33-,37+,42+,49+/m0/s1. The largest absolute Gasteiger partial charge is 0.508 e. The molecule has 2 amide bonds. The summed E-state index contributed by atoms with van der Waals surface area (Å²) < 4.78 is 62.7. The first-order chi connectivity index (χ1) is 34.5. The fraction of sp³-hybridized carbons (Fsp3) is 0.260. The van der Waals surface area contributed by atoms with E-state index in [1.54, 1.807) is 49.5 Å². The maximum absolute atomic E-state index is 15.6. The summed E-state index contributed by atoms with van der Waals surface area (Å²) in [6, 6.07) is 22.7. The Morgan fingerprint density at radius 2 is 1.62 bits per heavy atom. The van der Waals surface area contributed by atoms with Crippen LogP contribution in [-0.4, -0.2) is 64.6 Å². The van der Waals surface area contributed by atoms with E-state index in [-0.39, 0.29) is 65.9 Å². The zero-order valence-corrected chi connectivity index (χ0v) is 39.8. The van der Waals surface area contributed by atoms with Crippen molar-refractivity contribution >= 4 is 51.9 Å². The molecule has 2 N–H and O–H groups in total. The number of carbonyl (C=O) groups is 2. The topological polar surface area (TPSA) is 194 Å². The number of methoxy groups -OCH3 is 2. The molecule has 4 aromatic carbocycles. The average Bonchev–Trinajstić information content (AvgIpc) is 3.74. The summed E-state index contributed by atoms with van der Waals surface area (Å²) in [5.74, 6) is -4.21. The lowest BCUT2D eigenvalue weighted by atomic mass is 9.53. The van der Waals surface area contributed by atoms with E-state index in [1.807, 2.05) is 30.3 Å². The lowest BCUT2D eigenvalue weighted by molar-refractivity contribution is -0.139. The van der Waals surface area contributed by atoms with Crippen LogP contribution in [0.4, 0.5) is 19.0 Å². The van der Waals surface area contributed by atoms with Gasteiger partial charge in [0, 0.05) is 60.9 Å². The van der Waals surface area contributed by atoms with Gasteiger partial charge in [-0.2, -0.15) is 18.2 Å². The Labute approximate surface area is 415 Å². The Morgan fingerprint density at radius 1 is 0.903 bits per heavy atom. The summed E-state index contributed by atoms with van der Waals surface area (Å²) in [4.78, 5) is 82.0. The van der Waals surface area contributed by atoms with Crippen LogP contribution in [0.5, 0.6) is 23.0 Å². The lowest BCUT2D eigenvalue weighted by Crippen LogP contribution is -2.53. The molecule has 17 nitrogen and oxygen atoms in total. The number of carbonyl (C=O) groups excluding carboxylic acids is 2. The number of aromatic nitrogens is 6. The minimum absolute atomic E-state index is 0.0546. The predicted molar refractivity (Wildman–Crippen MR) is 256 cm³/mol. The number of hydrazine groups is 1. The van der Waals surface area contributed by atoms with Gasteiger partial charge >= 0.3 is 17.6 Å². The number of hydrogen-bond donors (Lipinski definition) is 2. The van der Waals surface area contributed by atoms with E-state index in [2.05, 4.69) is 15.4 Å². The highest BCUT2D eigenvalue weighted by molar-refractivity contribution is 6.33. The zero-order valence-electron chi connectivity index (χ0n) is 38.3. The van der Waals surface area contributed by atoms with Gasteiger partial charge in [-0.3, -0.25) is 19.8 Å². The Morgan fingerprint density at radius 3 is 2.31 bits per heavy atom. The zero-order chi connectivity index (χ0) is 51.0. The number of pyridine rings is 1. The molecule has 1 saturated carbocycles. The minimum Gasteiger partial charge on any atom is -0.508 e. The number of aryl methyl sites for hydroxylation is 2. The number of amides is 2. The molecule has 72 heavy (non-hydrogen) atoms. The number of hydrogen-bond acceptors (Lipinski definition) is 12. The molecule has 0 radical (unpaired) electrons. The smallest absolute Gasteiger partial charge is 0.417 e. The second-order valence-corrected chi connectivity index (χ2v) is 18.3. The molecule has 1 saturated heterocycles. The first kappa shape index (κ1) is 47.8. The molecular formula is C50H41Cl2F3N8O9. The number of imide groups is 1. The van der Waals surface area contributed by atoms with Crippen molar-refractivity contribution in [2.45, 2.75) is 56.1 Å². The van der Waals surface area contributed by atoms with Crippen LogP contribution in [0.15, 0.2) is 123 Å². The second-order valence-electron chi connectivity index (χ2n) is 17.5. The number of aromatic hydroxyl groups is 1. The summed E-state index contributed by atoms with van der Waals surface area (Å²) in [7, 11) is 4.47. The molecule has 2 fully saturated rings. The third kappa shape index (κ3) is 7.75. The van der Waals surface area contributed by atoms with Crippen LogP contribution >= 0.6 is 23.2 Å². The molecule has 0 bridgehead atoms. The van der Waals surface area contributed by atoms with Crippen LogP contribution < -0.4 is 36.6 Å². The van der Waals surface area contributed by atoms with E-state index in [0.717, 1.165) is 10.1 Å². The maximum atomic E-state index is 15.6. The molecule has 370 valence electrons. The summed E-state index contributed by atoms with van der Waals surface area (Å²) in [5.41, 5.74) is 0.00513. The number of nitrogens with one attached hydrogen (secondary N) is 1. The molecular weight excluding hydrogens is 984 g/mol. The summed E-state index contributed by atoms with van der Waals surface area (Å²) in [5, 5.41) is 12.5. The van der Waals surface area contributed by atoms with Gasteiger partial charge in [-0.05, 0) is 47.4 Å². The number of phenolic OH excluding ortho intramolecular Hbond substituents is 1. The quantitative estimate of drug-likeness (QED) is 0.0948. The van der Waals surface area contributed by atoms with Gasteiger partial charge in [-0.25, -0.2) is 33.5 Å². The van der Waals surface area contributed by atoms with Gasteiger partial charge in [0.25, 0.3) is 17.4 Å². The van der Waals surface area contributed by atoms with Crippen molar-refractivity contribution in [1.29, 1.82) is 0 Å². The SMILES string of the molecule is COc1cc2nc(CCn3c(=O)n4n(c3=O)[C@@H]3C[C@H]5C(=O)N(Nc6ncc(C(F)(F)F)cc6Cl)C(=O)[C@@]5(c5ccc(Cl)cc5)[C@@H](c5ccc(OCc6ccccc6)cc5O)C3=CC4)c(=O)n(C)c2cc1OC. The Bertz CT molecular complexity index is 3580. The molecule has 7 aromatic rings. The van der Waals surface area contributed by atoms with Crippen molar-refractivity contribution in [2.24, 2.45) is 13.0 Å². The van der Waals surface area contributed by atoms with Crippen LogP contribution in [-0.2, 0) is 54.3 Å². The molecule has 3 aliphatic rings. The first-order valence-electron chi connectivity index (χ1n) is 22.3. The van der Waals surface area contributed by atoms with Gasteiger partial charge < -0.3 is 23.9 Å². The normalized spacial score (nSPS) is 19.4. The molecule has 22 heteroatoms. The Balaban J connectivity index is 1.10. The van der Waals surface area contributed by atoms with Crippen LogP contribution in [0.1, 0.15) is 46.3 Å². The molecule has 10 rings (SSSR count). The van der Waals surface area contributed by atoms with Crippen molar-refractivity contribution in [3.8, 4) is 23.0 Å². The fourth-order valence-corrected chi connectivity index (χ4v) is 10.7. The first-order valence-corrected chi connectivity index (χ1v) is 23.1. The third-order valence-electron chi connectivity index (χ3n) is 13.7. The van der Waals surface area contributed by atoms with Crippen molar-refractivity contribution in [3.05, 3.63) is 178 Å². The molecule has 5 heterocycles. The highest BCUT2D eigenvalue weighted by Crippen LogP contribution is 2.63. The number of alkyl halides is 3. The Kier molecular flexibility index (Phi) is 12.0. The summed E-state index contributed by atoms with van der Waals surface area (Å²) in [6.07, 6.45) is -3.05. The number of phenols is 1.